The molecule has 1 amide bonds. The predicted octanol–water partition coefficient (Wildman–Crippen LogP) is 1.70. The van der Waals surface area contributed by atoms with Gasteiger partial charge in [0.15, 0.2) is 0 Å². The molecule has 4 heteroatoms. The largest absolute Gasteiger partial charge is 0.377 e. The molecule has 0 bridgehead atoms. The second-order valence-corrected chi connectivity index (χ2v) is 5.49. The van der Waals surface area contributed by atoms with Crippen LogP contribution in [-0.2, 0) is 9.53 Å². The van der Waals surface area contributed by atoms with E-state index in [1.807, 2.05) is 0 Å². The topological polar surface area (TPSA) is 50.4 Å². The molecule has 1 saturated carbocycles. The van der Waals surface area contributed by atoms with Crippen LogP contribution in [-0.4, -0.2) is 38.3 Å². The fourth-order valence-electron chi connectivity index (χ4n) is 2.12. The molecule has 106 valence electrons. The average molecular weight is 256 g/mol. The molecule has 0 heterocycles. The first-order valence-electron chi connectivity index (χ1n) is 7.27. The van der Waals surface area contributed by atoms with Gasteiger partial charge in [-0.05, 0) is 25.2 Å². The second-order valence-electron chi connectivity index (χ2n) is 5.49. The van der Waals surface area contributed by atoms with Crippen LogP contribution in [0.3, 0.4) is 0 Å². The first-order valence-corrected chi connectivity index (χ1v) is 7.27. The van der Waals surface area contributed by atoms with E-state index in [0.717, 1.165) is 19.5 Å². The maximum absolute atomic E-state index is 11.4. The van der Waals surface area contributed by atoms with Gasteiger partial charge < -0.3 is 15.4 Å². The van der Waals surface area contributed by atoms with Crippen LogP contribution in [0.15, 0.2) is 0 Å². The molecule has 1 fully saturated rings. The minimum absolute atomic E-state index is 0.0801. The van der Waals surface area contributed by atoms with Gasteiger partial charge in [-0.2, -0.15) is 0 Å². The summed E-state index contributed by atoms with van der Waals surface area (Å²) in [5, 5.41) is 6.01. The van der Waals surface area contributed by atoms with Crippen LogP contribution in [0, 0.1) is 5.92 Å². The zero-order valence-electron chi connectivity index (χ0n) is 11.8. The number of amides is 1. The summed E-state index contributed by atoms with van der Waals surface area (Å²) in [6.07, 6.45) is 6.51. The van der Waals surface area contributed by atoms with E-state index in [2.05, 4.69) is 24.5 Å². The van der Waals surface area contributed by atoms with Crippen molar-refractivity contribution < 1.29 is 9.53 Å². The highest BCUT2D eigenvalue weighted by molar-refractivity contribution is 5.77. The molecule has 0 spiro atoms. The molecule has 0 radical (unpaired) electrons. The van der Waals surface area contributed by atoms with E-state index in [-0.39, 0.29) is 5.91 Å². The molecule has 4 nitrogen and oxygen atoms in total. The van der Waals surface area contributed by atoms with Crippen LogP contribution in [0.4, 0.5) is 0 Å². The Kier molecular flexibility index (Phi) is 8.01. The lowest BCUT2D eigenvalue weighted by Crippen LogP contribution is -2.36. The monoisotopic (exact) mass is 256 g/mol. The molecule has 1 aliphatic rings. The SMILES string of the molecule is CC(C)CCNC(=O)CNCCOC1CCCC1. The summed E-state index contributed by atoms with van der Waals surface area (Å²) in [6, 6.07) is 0. The normalized spacial score (nSPS) is 16.4. The molecule has 0 aliphatic heterocycles. The molecular formula is C14H28N2O2. The summed E-state index contributed by atoms with van der Waals surface area (Å²) in [5.41, 5.74) is 0. The third kappa shape index (κ3) is 7.67. The maximum Gasteiger partial charge on any atom is 0.233 e. The Morgan fingerprint density at radius 2 is 2.00 bits per heavy atom. The van der Waals surface area contributed by atoms with E-state index >= 15 is 0 Å². The highest BCUT2D eigenvalue weighted by Crippen LogP contribution is 2.20. The standard InChI is InChI=1S/C14H28N2O2/c1-12(2)7-8-16-14(17)11-15-9-10-18-13-5-3-4-6-13/h12-13,15H,3-11H2,1-2H3,(H,16,17). The van der Waals surface area contributed by atoms with Gasteiger partial charge in [-0.3, -0.25) is 4.79 Å². The minimum Gasteiger partial charge on any atom is -0.377 e. The Morgan fingerprint density at radius 3 is 2.67 bits per heavy atom. The van der Waals surface area contributed by atoms with Gasteiger partial charge in [0.2, 0.25) is 5.91 Å². The minimum atomic E-state index is 0.0801. The summed E-state index contributed by atoms with van der Waals surface area (Å²) in [5.74, 6) is 0.717. The Balaban J connectivity index is 1.85. The number of carbonyl (C=O) groups is 1. The third-order valence-electron chi connectivity index (χ3n) is 3.26. The summed E-state index contributed by atoms with van der Waals surface area (Å²) in [6.45, 7) is 6.95. The number of ether oxygens (including phenoxy) is 1. The van der Waals surface area contributed by atoms with E-state index in [4.69, 9.17) is 4.74 Å². The van der Waals surface area contributed by atoms with Crippen molar-refractivity contribution in [2.45, 2.75) is 52.1 Å². The van der Waals surface area contributed by atoms with E-state index in [9.17, 15) is 4.79 Å². The van der Waals surface area contributed by atoms with E-state index in [1.54, 1.807) is 0 Å². The summed E-state index contributed by atoms with van der Waals surface area (Å²) >= 11 is 0. The second kappa shape index (κ2) is 9.34. The van der Waals surface area contributed by atoms with Crippen molar-refractivity contribution >= 4 is 5.91 Å². The van der Waals surface area contributed by atoms with Crippen molar-refractivity contribution in [2.24, 2.45) is 5.92 Å². The zero-order valence-corrected chi connectivity index (χ0v) is 11.8. The molecule has 2 N–H and O–H groups in total. The van der Waals surface area contributed by atoms with Crippen molar-refractivity contribution in [3.05, 3.63) is 0 Å². The number of hydrogen-bond donors (Lipinski definition) is 2. The zero-order chi connectivity index (χ0) is 13.2. The van der Waals surface area contributed by atoms with Crippen LogP contribution in [0.2, 0.25) is 0 Å². The van der Waals surface area contributed by atoms with Crippen molar-refractivity contribution in [1.82, 2.24) is 10.6 Å². The van der Waals surface area contributed by atoms with Crippen LogP contribution in [0.5, 0.6) is 0 Å². The molecule has 0 aromatic carbocycles. The average Bonchev–Trinajstić information content (AvgIpc) is 2.81. The summed E-state index contributed by atoms with van der Waals surface area (Å²) in [4.78, 5) is 11.4. The quantitative estimate of drug-likeness (QED) is 0.617. The van der Waals surface area contributed by atoms with Crippen LogP contribution in [0.1, 0.15) is 46.0 Å². The molecule has 0 atom stereocenters. The van der Waals surface area contributed by atoms with Gasteiger partial charge in [0.25, 0.3) is 0 Å². The molecule has 0 saturated heterocycles. The van der Waals surface area contributed by atoms with E-state index < -0.39 is 0 Å². The number of rotatable bonds is 9. The Labute approximate surface area is 111 Å². The summed E-state index contributed by atoms with van der Waals surface area (Å²) in [7, 11) is 0. The van der Waals surface area contributed by atoms with Crippen molar-refractivity contribution in [2.75, 3.05) is 26.2 Å². The first kappa shape index (κ1) is 15.4. The molecule has 18 heavy (non-hydrogen) atoms. The molecule has 0 aromatic heterocycles. The molecule has 0 unspecified atom stereocenters. The van der Waals surface area contributed by atoms with Crippen molar-refractivity contribution in [3.8, 4) is 0 Å². The van der Waals surface area contributed by atoms with Gasteiger partial charge >= 0.3 is 0 Å². The number of nitrogens with one attached hydrogen (secondary N) is 2. The predicted molar refractivity (Wildman–Crippen MR) is 73.5 cm³/mol. The lowest BCUT2D eigenvalue weighted by Gasteiger charge is -2.11. The van der Waals surface area contributed by atoms with E-state index in [1.165, 1.54) is 25.7 Å². The van der Waals surface area contributed by atoms with Gasteiger partial charge in [0.05, 0.1) is 19.3 Å². The van der Waals surface area contributed by atoms with Crippen molar-refractivity contribution in [3.63, 3.8) is 0 Å². The molecule has 0 aromatic rings. The maximum atomic E-state index is 11.4. The van der Waals surface area contributed by atoms with Gasteiger partial charge in [0, 0.05) is 13.1 Å². The van der Waals surface area contributed by atoms with Gasteiger partial charge in [-0.15, -0.1) is 0 Å². The van der Waals surface area contributed by atoms with Crippen LogP contribution < -0.4 is 10.6 Å². The first-order chi connectivity index (χ1) is 8.68. The Bertz CT molecular complexity index is 226. The lowest BCUT2D eigenvalue weighted by molar-refractivity contribution is -0.120. The lowest BCUT2D eigenvalue weighted by atomic mass is 10.1. The van der Waals surface area contributed by atoms with Crippen LogP contribution in [0.25, 0.3) is 0 Å². The van der Waals surface area contributed by atoms with Crippen molar-refractivity contribution in [1.29, 1.82) is 0 Å². The van der Waals surface area contributed by atoms with Gasteiger partial charge in [-0.1, -0.05) is 26.7 Å². The Morgan fingerprint density at radius 1 is 1.28 bits per heavy atom. The number of hydrogen-bond acceptors (Lipinski definition) is 3. The molecule has 1 aliphatic carbocycles. The van der Waals surface area contributed by atoms with E-state index in [0.29, 0.717) is 25.2 Å². The highest BCUT2D eigenvalue weighted by atomic mass is 16.5. The fraction of sp³-hybridized carbons (Fsp3) is 0.929. The molecule has 1 rings (SSSR count). The van der Waals surface area contributed by atoms with Gasteiger partial charge in [0.1, 0.15) is 0 Å². The van der Waals surface area contributed by atoms with Crippen LogP contribution >= 0.6 is 0 Å². The van der Waals surface area contributed by atoms with Gasteiger partial charge in [-0.25, -0.2) is 0 Å². The summed E-state index contributed by atoms with van der Waals surface area (Å²) < 4.78 is 5.70. The third-order valence-corrected chi connectivity index (χ3v) is 3.26. The highest BCUT2D eigenvalue weighted by Gasteiger charge is 2.14. The number of carbonyl (C=O) groups excluding carboxylic acids is 1. The Hall–Kier alpha value is -0.610. The smallest absolute Gasteiger partial charge is 0.233 e. The molecular weight excluding hydrogens is 228 g/mol. The fourth-order valence-corrected chi connectivity index (χ4v) is 2.12.